The zero-order chi connectivity index (χ0) is 18.6. The Balaban J connectivity index is 2.22. The van der Waals surface area contributed by atoms with E-state index in [1.54, 1.807) is 6.07 Å². The number of rotatable bonds is 5. The summed E-state index contributed by atoms with van der Waals surface area (Å²) in [5, 5.41) is 0. The van der Waals surface area contributed by atoms with Crippen molar-refractivity contribution in [3.63, 3.8) is 0 Å². The zero-order valence-corrected chi connectivity index (χ0v) is 14.0. The number of nitrogens with two attached hydrogens (primary N) is 1. The summed E-state index contributed by atoms with van der Waals surface area (Å²) in [6.45, 7) is 1.51. The number of hydrogen-bond acceptors (Lipinski definition) is 3. The van der Waals surface area contributed by atoms with Crippen LogP contribution in [-0.2, 0) is 0 Å². The molecule has 1 unspecified atom stereocenters. The molecule has 0 saturated heterocycles. The highest BCUT2D eigenvalue weighted by molar-refractivity contribution is 7.99. The van der Waals surface area contributed by atoms with Crippen LogP contribution in [0, 0.1) is 18.6 Å². The smallest absolute Gasteiger partial charge is 0.319 e. The molecule has 2 aromatic rings. The molecule has 0 bridgehead atoms. The molecule has 2 rings (SSSR count). The van der Waals surface area contributed by atoms with Crippen LogP contribution in [0.1, 0.15) is 17.2 Å². The van der Waals surface area contributed by atoms with Crippen molar-refractivity contribution in [2.75, 3.05) is 5.75 Å². The van der Waals surface area contributed by atoms with Crippen LogP contribution in [0.15, 0.2) is 46.3 Å². The quantitative estimate of drug-likeness (QED) is 0.436. The molecule has 0 saturated carbocycles. The number of benzene rings is 2. The average molecular weight is 374 g/mol. The molecule has 0 aliphatic carbocycles. The Morgan fingerprint density at radius 1 is 1.16 bits per heavy atom. The Bertz CT molecular complexity index is 774. The van der Waals surface area contributed by atoms with Crippen LogP contribution in [0.4, 0.5) is 27.6 Å². The SMILES string of the molecule is Cc1cc(F)c(/N=C/C(N)c2ccccc2F)cc1SCC(F)(F)F. The maximum atomic E-state index is 14.0. The van der Waals surface area contributed by atoms with Crippen LogP contribution < -0.4 is 5.73 Å². The van der Waals surface area contributed by atoms with Crippen LogP contribution in [0.3, 0.4) is 0 Å². The molecule has 2 aromatic carbocycles. The van der Waals surface area contributed by atoms with Crippen molar-refractivity contribution < 1.29 is 22.0 Å². The van der Waals surface area contributed by atoms with E-state index < -0.39 is 29.6 Å². The van der Waals surface area contributed by atoms with Gasteiger partial charge in [-0.05, 0) is 30.7 Å². The van der Waals surface area contributed by atoms with Gasteiger partial charge in [0.25, 0.3) is 0 Å². The van der Waals surface area contributed by atoms with Crippen molar-refractivity contribution in [1.82, 2.24) is 0 Å². The molecule has 2 nitrogen and oxygen atoms in total. The minimum absolute atomic E-state index is 0.151. The third kappa shape index (κ3) is 5.54. The molecule has 0 fully saturated rings. The van der Waals surface area contributed by atoms with Gasteiger partial charge in [0.15, 0.2) is 0 Å². The average Bonchev–Trinajstić information content (AvgIpc) is 2.52. The van der Waals surface area contributed by atoms with Gasteiger partial charge in [-0.15, -0.1) is 11.8 Å². The van der Waals surface area contributed by atoms with Gasteiger partial charge in [0.1, 0.15) is 11.6 Å². The number of thioether (sulfide) groups is 1. The monoisotopic (exact) mass is 374 g/mol. The zero-order valence-electron chi connectivity index (χ0n) is 13.1. The summed E-state index contributed by atoms with van der Waals surface area (Å²) in [7, 11) is 0. The first-order chi connectivity index (χ1) is 11.7. The van der Waals surface area contributed by atoms with Gasteiger partial charge in [0, 0.05) is 16.7 Å². The molecular formula is C17H15F5N2S. The number of nitrogens with zero attached hydrogens (tertiary/aromatic N) is 1. The molecule has 0 aliphatic heterocycles. The molecule has 1 atom stereocenters. The van der Waals surface area contributed by atoms with E-state index in [4.69, 9.17) is 5.73 Å². The molecule has 8 heteroatoms. The van der Waals surface area contributed by atoms with E-state index in [1.165, 1.54) is 31.2 Å². The number of hydrogen-bond donors (Lipinski definition) is 1. The second kappa shape index (κ2) is 7.97. The van der Waals surface area contributed by atoms with Crippen molar-refractivity contribution in [3.8, 4) is 0 Å². The molecule has 0 aromatic heterocycles. The lowest BCUT2D eigenvalue weighted by Gasteiger charge is -2.10. The third-order valence-corrected chi connectivity index (χ3v) is 4.50. The second-order valence-electron chi connectivity index (χ2n) is 5.30. The lowest BCUT2D eigenvalue weighted by molar-refractivity contribution is -0.105. The lowest BCUT2D eigenvalue weighted by Crippen LogP contribution is -2.13. The molecular weight excluding hydrogens is 359 g/mol. The summed E-state index contributed by atoms with van der Waals surface area (Å²) < 4.78 is 64.7. The van der Waals surface area contributed by atoms with E-state index in [-0.39, 0.29) is 16.1 Å². The number of aryl methyl sites for hydroxylation is 1. The molecule has 2 N–H and O–H groups in total. The molecule has 0 aliphatic rings. The third-order valence-electron chi connectivity index (χ3n) is 3.27. The molecule has 0 spiro atoms. The number of halogens is 5. The van der Waals surface area contributed by atoms with Gasteiger partial charge in [-0.25, -0.2) is 8.78 Å². The van der Waals surface area contributed by atoms with Gasteiger partial charge in [-0.2, -0.15) is 13.2 Å². The predicted octanol–water partition coefficient (Wildman–Crippen LogP) is 5.33. The number of aliphatic imine (C=N–C) groups is 1. The maximum Gasteiger partial charge on any atom is 0.398 e. The Kier molecular flexibility index (Phi) is 6.18. The van der Waals surface area contributed by atoms with E-state index in [0.29, 0.717) is 17.3 Å². The van der Waals surface area contributed by atoms with Crippen LogP contribution in [-0.4, -0.2) is 18.1 Å². The van der Waals surface area contributed by atoms with Gasteiger partial charge in [-0.1, -0.05) is 18.2 Å². The highest BCUT2D eigenvalue weighted by Crippen LogP contribution is 2.33. The summed E-state index contributed by atoms with van der Waals surface area (Å²) in [6.07, 6.45) is -3.17. The van der Waals surface area contributed by atoms with Gasteiger partial charge in [-0.3, -0.25) is 4.99 Å². The van der Waals surface area contributed by atoms with Gasteiger partial charge in [0.05, 0.1) is 17.5 Å². The van der Waals surface area contributed by atoms with Gasteiger partial charge in [0.2, 0.25) is 0 Å². The topological polar surface area (TPSA) is 38.4 Å². The second-order valence-corrected chi connectivity index (χ2v) is 6.32. The van der Waals surface area contributed by atoms with Crippen molar-refractivity contribution in [3.05, 3.63) is 59.2 Å². The van der Waals surface area contributed by atoms with Crippen molar-refractivity contribution in [1.29, 1.82) is 0 Å². The highest BCUT2D eigenvalue weighted by atomic mass is 32.2. The standard InChI is InChI=1S/C17H15F5N2S/c1-10-6-13(19)15(7-16(10)25-9-17(20,21)22)24-8-14(23)11-4-2-3-5-12(11)18/h2-8,14H,9,23H2,1H3/b24-8+. The molecule has 25 heavy (non-hydrogen) atoms. The minimum atomic E-state index is -4.33. The maximum absolute atomic E-state index is 14.0. The van der Waals surface area contributed by atoms with Crippen LogP contribution in [0.5, 0.6) is 0 Å². The summed E-state index contributed by atoms with van der Waals surface area (Å²) in [6, 6.07) is 7.25. The van der Waals surface area contributed by atoms with Crippen molar-refractivity contribution in [2.24, 2.45) is 10.7 Å². The minimum Gasteiger partial charge on any atom is -0.319 e. The first kappa shape index (κ1) is 19.4. The van der Waals surface area contributed by atoms with E-state index >= 15 is 0 Å². The molecule has 0 radical (unpaired) electrons. The molecule has 134 valence electrons. The first-order valence-electron chi connectivity index (χ1n) is 7.21. The lowest BCUT2D eigenvalue weighted by atomic mass is 10.1. The van der Waals surface area contributed by atoms with Gasteiger partial charge < -0.3 is 5.73 Å². The van der Waals surface area contributed by atoms with Crippen LogP contribution >= 0.6 is 11.8 Å². The summed E-state index contributed by atoms with van der Waals surface area (Å²) >= 11 is 0.553. The summed E-state index contributed by atoms with van der Waals surface area (Å²) in [4.78, 5) is 4.15. The summed E-state index contributed by atoms with van der Waals surface area (Å²) in [5.41, 5.74) is 6.23. The Morgan fingerprint density at radius 3 is 2.48 bits per heavy atom. The largest absolute Gasteiger partial charge is 0.398 e. The van der Waals surface area contributed by atoms with Crippen LogP contribution in [0.2, 0.25) is 0 Å². The Morgan fingerprint density at radius 2 is 1.84 bits per heavy atom. The predicted molar refractivity (Wildman–Crippen MR) is 89.4 cm³/mol. The fraction of sp³-hybridized carbons (Fsp3) is 0.235. The Hall–Kier alpha value is -1.93. The van der Waals surface area contributed by atoms with E-state index in [9.17, 15) is 22.0 Å². The summed E-state index contributed by atoms with van der Waals surface area (Å²) in [5.74, 6) is -2.30. The molecule has 0 amide bonds. The van der Waals surface area contributed by atoms with E-state index in [2.05, 4.69) is 4.99 Å². The van der Waals surface area contributed by atoms with E-state index in [0.717, 1.165) is 12.3 Å². The first-order valence-corrected chi connectivity index (χ1v) is 8.20. The highest BCUT2D eigenvalue weighted by Gasteiger charge is 2.27. The van der Waals surface area contributed by atoms with E-state index in [1.807, 2.05) is 0 Å². The van der Waals surface area contributed by atoms with Crippen molar-refractivity contribution in [2.45, 2.75) is 24.0 Å². The normalized spacial score (nSPS) is 13.4. The molecule has 0 heterocycles. The number of alkyl halides is 3. The van der Waals surface area contributed by atoms with Crippen molar-refractivity contribution >= 4 is 23.7 Å². The van der Waals surface area contributed by atoms with Gasteiger partial charge >= 0.3 is 6.18 Å². The Labute approximate surface area is 145 Å². The van der Waals surface area contributed by atoms with Crippen LogP contribution in [0.25, 0.3) is 0 Å². The fourth-order valence-electron chi connectivity index (χ4n) is 2.04. The fourth-order valence-corrected chi connectivity index (χ4v) is 2.84.